The van der Waals surface area contributed by atoms with Gasteiger partial charge in [-0.05, 0) is 47.0 Å². The number of aryl methyl sites for hydroxylation is 1. The van der Waals surface area contributed by atoms with E-state index in [4.69, 9.17) is 4.74 Å². The minimum Gasteiger partial charge on any atom is -0.383 e. The number of carbonyl (C=O) groups excluding carboxylic acids is 1. The lowest BCUT2D eigenvalue weighted by Gasteiger charge is -2.19. The second-order valence-electron chi connectivity index (χ2n) is 6.79. The molecule has 3 rings (SSSR count). The monoisotopic (exact) mass is 432 g/mol. The summed E-state index contributed by atoms with van der Waals surface area (Å²) < 4.78 is 33.5. The van der Waals surface area contributed by atoms with E-state index in [9.17, 15) is 13.2 Å². The molecule has 6 nitrogen and oxygen atoms in total. The zero-order valence-electron chi connectivity index (χ0n) is 16.6. The lowest BCUT2D eigenvalue weighted by Crippen LogP contribution is -2.29. The van der Waals surface area contributed by atoms with Crippen molar-refractivity contribution in [2.24, 2.45) is 0 Å². The van der Waals surface area contributed by atoms with Gasteiger partial charge in [-0.2, -0.15) is 0 Å². The first-order valence-corrected chi connectivity index (χ1v) is 11.5. The average molecular weight is 433 g/mol. The molecule has 8 heteroatoms. The van der Waals surface area contributed by atoms with Crippen molar-refractivity contribution < 1.29 is 17.9 Å². The molecule has 29 heavy (non-hydrogen) atoms. The topological polar surface area (TPSA) is 75.7 Å². The summed E-state index contributed by atoms with van der Waals surface area (Å²) in [4.78, 5) is 14.7. The molecule has 1 heterocycles. The van der Waals surface area contributed by atoms with E-state index in [2.05, 4.69) is 16.2 Å². The minimum absolute atomic E-state index is 0.0666. The number of nitrogens with one attached hydrogen (secondary N) is 1. The van der Waals surface area contributed by atoms with Crippen molar-refractivity contribution >= 4 is 37.4 Å². The zero-order chi connectivity index (χ0) is 21.0. The van der Waals surface area contributed by atoms with E-state index in [0.29, 0.717) is 12.1 Å². The maximum atomic E-state index is 13.1. The Labute approximate surface area is 175 Å². The molecule has 154 valence electrons. The fraction of sp³-hybridized carbons (Fsp3) is 0.286. The molecule has 0 saturated heterocycles. The number of sulfonamides is 1. The van der Waals surface area contributed by atoms with Gasteiger partial charge in [0.15, 0.2) is 0 Å². The molecule has 0 fully saturated rings. The van der Waals surface area contributed by atoms with Crippen molar-refractivity contribution in [3.8, 4) is 0 Å². The molecule has 0 atom stereocenters. The first-order chi connectivity index (χ1) is 13.8. The summed E-state index contributed by atoms with van der Waals surface area (Å²) in [7, 11) is -0.477. The van der Waals surface area contributed by atoms with Gasteiger partial charge in [0, 0.05) is 37.5 Å². The second kappa shape index (κ2) is 9.04. The molecule has 2 aromatic carbocycles. The van der Waals surface area contributed by atoms with Gasteiger partial charge in [0.1, 0.15) is 0 Å². The number of hydrogen-bond donors (Lipinski definition) is 1. The van der Waals surface area contributed by atoms with Gasteiger partial charge in [0.2, 0.25) is 10.0 Å². The Bertz CT molecular complexity index is 1120. The number of amides is 1. The van der Waals surface area contributed by atoms with Crippen LogP contribution in [0.2, 0.25) is 0 Å². The summed E-state index contributed by atoms with van der Waals surface area (Å²) in [6.07, 6.45) is 0. The summed E-state index contributed by atoms with van der Waals surface area (Å²) in [5, 5.41) is 3.19. The predicted molar refractivity (Wildman–Crippen MR) is 116 cm³/mol. The second-order valence-corrected chi connectivity index (χ2v) is 9.46. The van der Waals surface area contributed by atoms with Gasteiger partial charge < -0.3 is 9.64 Å². The first-order valence-electron chi connectivity index (χ1n) is 9.13. The van der Waals surface area contributed by atoms with Gasteiger partial charge in [-0.15, -0.1) is 11.3 Å². The Morgan fingerprint density at radius 3 is 2.72 bits per heavy atom. The largest absolute Gasteiger partial charge is 0.383 e. The van der Waals surface area contributed by atoms with E-state index < -0.39 is 10.0 Å². The third-order valence-corrected chi connectivity index (χ3v) is 7.13. The number of rotatable bonds is 8. The number of methoxy groups -OCH3 is 1. The molecule has 0 bridgehead atoms. The van der Waals surface area contributed by atoms with Gasteiger partial charge in [-0.25, -0.2) is 13.1 Å². The molecule has 0 saturated carbocycles. The number of hydrogen-bond acceptors (Lipinski definition) is 5. The van der Waals surface area contributed by atoms with Crippen LogP contribution in [-0.2, 0) is 21.3 Å². The van der Waals surface area contributed by atoms with E-state index in [1.54, 1.807) is 36.3 Å². The molecule has 3 aromatic rings. The molecule has 0 aliphatic heterocycles. The summed E-state index contributed by atoms with van der Waals surface area (Å²) in [6, 6.07) is 12.7. The average Bonchev–Trinajstić information content (AvgIpc) is 3.10. The van der Waals surface area contributed by atoms with Gasteiger partial charge in [-0.1, -0.05) is 24.3 Å². The Morgan fingerprint density at radius 2 is 1.97 bits per heavy atom. The normalized spacial score (nSPS) is 11.7. The van der Waals surface area contributed by atoms with Gasteiger partial charge >= 0.3 is 0 Å². The highest BCUT2D eigenvalue weighted by Crippen LogP contribution is 2.27. The fourth-order valence-corrected chi connectivity index (χ4v) is 5.04. The van der Waals surface area contributed by atoms with E-state index in [0.717, 1.165) is 16.5 Å². The van der Waals surface area contributed by atoms with E-state index >= 15 is 0 Å². The van der Waals surface area contributed by atoms with Crippen molar-refractivity contribution in [3.05, 3.63) is 64.5 Å². The van der Waals surface area contributed by atoms with Crippen molar-refractivity contribution in [3.63, 3.8) is 0 Å². The number of fused-ring (bicyclic) bond motifs is 1. The number of carbonyl (C=O) groups is 1. The number of nitrogens with zero attached hydrogens (tertiary/aromatic N) is 1. The third-order valence-electron chi connectivity index (χ3n) is 4.66. The predicted octanol–water partition coefficient (Wildman–Crippen LogP) is 3.41. The molecule has 0 radical (unpaired) electrons. The van der Waals surface area contributed by atoms with Crippen LogP contribution in [0.3, 0.4) is 0 Å². The summed E-state index contributed by atoms with van der Waals surface area (Å²) in [5.41, 5.74) is 2.18. The number of benzene rings is 2. The van der Waals surface area contributed by atoms with Gasteiger partial charge in [0.25, 0.3) is 5.91 Å². The number of thiophene rings is 1. The molecule has 0 aliphatic rings. The third kappa shape index (κ3) is 4.84. The first kappa shape index (κ1) is 21.4. The zero-order valence-corrected chi connectivity index (χ0v) is 18.3. The summed E-state index contributed by atoms with van der Waals surface area (Å²) in [5.74, 6) is -0.216. The van der Waals surface area contributed by atoms with Gasteiger partial charge in [-0.3, -0.25) is 4.79 Å². The van der Waals surface area contributed by atoms with E-state index in [-0.39, 0.29) is 24.0 Å². The molecule has 1 amide bonds. The van der Waals surface area contributed by atoms with Crippen molar-refractivity contribution in [1.82, 2.24) is 9.62 Å². The van der Waals surface area contributed by atoms with Crippen molar-refractivity contribution in [2.75, 3.05) is 27.3 Å². The van der Waals surface area contributed by atoms with E-state index in [1.165, 1.54) is 23.9 Å². The van der Waals surface area contributed by atoms with Crippen LogP contribution in [0.4, 0.5) is 0 Å². The lowest BCUT2D eigenvalue weighted by atomic mass is 10.1. The molecular weight excluding hydrogens is 408 g/mol. The Kier molecular flexibility index (Phi) is 6.69. The summed E-state index contributed by atoms with van der Waals surface area (Å²) >= 11 is 1.65. The smallest absolute Gasteiger partial charge is 0.254 e. The molecule has 0 aliphatic carbocycles. The quantitative estimate of drug-likeness (QED) is 0.554. The lowest BCUT2D eigenvalue weighted by molar-refractivity contribution is 0.0785. The SMILES string of the molecule is COCCNS(=O)(=O)c1ccc(C)c(C(=O)N(C)Cc2csc3ccccc23)c1. The molecule has 0 unspecified atom stereocenters. The van der Waals surface area contributed by atoms with Gasteiger partial charge in [0.05, 0.1) is 11.5 Å². The summed E-state index contributed by atoms with van der Waals surface area (Å²) in [6.45, 7) is 2.69. The molecule has 1 N–H and O–H groups in total. The fourth-order valence-electron chi connectivity index (χ4n) is 3.05. The van der Waals surface area contributed by atoms with Crippen LogP contribution in [-0.4, -0.2) is 46.5 Å². The van der Waals surface area contributed by atoms with Crippen LogP contribution in [0.15, 0.2) is 52.7 Å². The number of ether oxygens (including phenoxy) is 1. The molecule has 0 spiro atoms. The Hall–Kier alpha value is -2.26. The maximum absolute atomic E-state index is 13.1. The van der Waals surface area contributed by atoms with Crippen molar-refractivity contribution in [1.29, 1.82) is 0 Å². The highest BCUT2D eigenvalue weighted by Gasteiger charge is 2.20. The van der Waals surface area contributed by atoms with E-state index in [1.807, 2.05) is 18.2 Å². The van der Waals surface area contributed by atoms with Crippen molar-refractivity contribution in [2.45, 2.75) is 18.4 Å². The van der Waals surface area contributed by atoms with Crippen LogP contribution in [0.1, 0.15) is 21.5 Å². The molecular formula is C21H24N2O4S2. The van der Waals surface area contributed by atoms with Crippen LogP contribution in [0, 0.1) is 6.92 Å². The highest BCUT2D eigenvalue weighted by molar-refractivity contribution is 7.89. The minimum atomic E-state index is -3.71. The molecule has 1 aromatic heterocycles. The van der Waals surface area contributed by atoms with Crippen LogP contribution in [0.5, 0.6) is 0 Å². The standard InChI is InChI=1S/C21H24N2O4S2/c1-15-8-9-17(29(25,26)22-10-11-27-3)12-19(15)21(24)23(2)13-16-14-28-20-7-5-4-6-18(16)20/h4-9,12,14,22H,10-11,13H2,1-3H3. The Balaban J connectivity index is 1.82. The maximum Gasteiger partial charge on any atom is 0.254 e. The van der Waals surface area contributed by atoms with Crippen LogP contribution < -0.4 is 4.72 Å². The highest BCUT2D eigenvalue weighted by atomic mass is 32.2. The van der Waals surface area contributed by atoms with Crippen LogP contribution in [0.25, 0.3) is 10.1 Å². The Morgan fingerprint density at radius 1 is 1.21 bits per heavy atom. The van der Waals surface area contributed by atoms with Crippen LogP contribution >= 0.6 is 11.3 Å².